The highest BCUT2D eigenvalue weighted by Gasteiger charge is 2.49. The zero-order valence-electron chi connectivity index (χ0n) is 10.6. The number of hydrogen-bond donors (Lipinski definition) is 0. The van der Waals surface area contributed by atoms with Crippen molar-refractivity contribution in [1.29, 1.82) is 0 Å². The summed E-state index contributed by atoms with van der Waals surface area (Å²) in [6.45, 7) is 6.14. The highest BCUT2D eigenvalue weighted by Crippen LogP contribution is 2.51. The minimum atomic E-state index is -0.173. The van der Waals surface area contributed by atoms with Crippen molar-refractivity contribution in [2.24, 2.45) is 0 Å². The molecular formula is C15H19NO. The van der Waals surface area contributed by atoms with Crippen LogP contribution in [0.3, 0.4) is 0 Å². The van der Waals surface area contributed by atoms with Crippen LogP contribution in [0.25, 0.3) is 0 Å². The Morgan fingerprint density at radius 2 is 1.71 bits per heavy atom. The van der Waals surface area contributed by atoms with Crippen LogP contribution in [0.5, 0.6) is 0 Å². The number of likely N-dealkylation sites (tertiary alicyclic amines) is 1. The number of fused-ring (bicyclic) bond motifs is 2. The van der Waals surface area contributed by atoms with E-state index in [1.807, 2.05) is 4.90 Å². The molecule has 1 fully saturated rings. The van der Waals surface area contributed by atoms with Gasteiger partial charge < -0.3 is 4.74 Å². The summed E-state index contributed by atoms with van der Waals surface area (Å²) in [5, 5.41) is 0. The monoisotopic (exact) mass is 229 g/mol. The first kappa shape index (κ1) is 11.2. The first-order valence-electron chi connectivity index (χ1n) is 6.33. The maximum atomic E-state index is 6.41. The topological polar surface area (TPSA) is 12.5 Å². The minimum absolute atomic E-state index is 0.101. The highest BCUT2D eigenvalue weighted by molar-refractivity contribution is 5.40. The van der Waals surface area contributed by atoms with Crippen LogP contribution in [-0.4, -0.2) is 18.0 Å². The van der Waals surface area contributed by atoms with E-state index in [0.717, 1.165) is 25.9 Å². The Kier molecular flexibility index (Phi) is 2.36. The quantitative estimate of drug-likeness (QED) is 0.678. The second-order valence-corrected chi connectivity index (χ2v) is 5.69. The fraction of sp³-hybridized carbons (Fsp3) is 0.533. The van der Waals surface area contributed by atoms with Gasteiger partial charge in [0.15, 0.2) is 0 Å². The minimum Gasteiger partial charge on any atom is -0.360 e. The molecule has 0 N–H and O–H groups in total. The van der Waals surface area contributed by atoms with Gasteiger partial charge in [0.25, 0.3) is 0 Å². The molecule has 1 aromatic rings. The van der Waals surface area contributed by atoms with Gasteiger partial charge in [-0.1, -0.05) is 24.3 Å². The molecule has 0 amide bonds. The van der Waals surface area contributed by atoms with E-state index in [0.29, 0.717) is 0 Å². The molecule has 3 rings (SSSR count). The lowest BCUT2D eigenvalue weighted by atomic mass is 9.82. The third kappa shape index (κ3) is 1.62. The summed E-state index contributed by atoms with van der Waals surface area (Å²) >= 11 is 0. The van der Waals surface area contributed by atoms with E-state index in [-0.39, 0.29) is 11.2 Å². The van der Waals surface area contributed by atoms with Crippen molar-refractivity contribution < 1.29 is 4.74 Å². The fourth-order valence-electron chi connectivity index (χ4n) is 3.26. The summed E-state index contributed by atoms with van der Waals surface area (Å²) in [6.07, 6.45) is 1.98. The number of nitrogens with zero attached hydrogens (tertiary/aromatic N) is 1. The molecule has 2 radical (unpaired) electrons. The average molecular weight is 229 g/mol. The van der Waals surface area contributed by atoms with E-state index in [1.165, 1.54) is 11.1 Å². The Hall–Kier alpha value is -0.860. The highest BCUT2D eigenvalue weighted by atomic mass is 16.5. The number of hydrogen-bond acceptors (Lipinski definition) is 2. The second kappa shape index (κ2) is 3.56. The molecule has 0 aliphatic carbocycles. The first-order valence-corrected chi connectivity index (χ1v) is 6.33. The first-order chi connectivity index (χ1) is 8.04. The van der Waals surface area contributed by atoms with Crippen LogP contribution < -0.4 is 0 Å². The van der Waals surface area contributed by atoms with Crippen molar-refractivity contribution in [3.05, 3.63) is 42.4 Å². The van der Waals surface area contributed by atoms with E-state index in [1.54, 1.807) is 0 Å². The van der Waals surface area contributed by atoms with Gasteiger partial charge in [-0.05, 0) is 37.8 Å². The summed E-state index contributed by atoms with van der Waals surface area (Å²) < 4.78 is 6.41. The third-order valence-corrected chi connectivity index (χ3v) is 4.12. The van der Waals surface area contributed by atoms with Crippen molar-refractivity contribution in [3.8, 4) is 0 Å². The normalized spacial score (nSPS) is 26.1. The predicted octanol–water partition coefficient (Wildman–Crippen LogP) is 2.91. The number of rotatable bonds is 0. The molecule has 0 bridgehead atoms. The van der Waals surface area contributed by atoms with Gasteiger partial charge in [0, 0.05) is 20.1 Å². The lowest BCUT2D eigenvalue weighted by molar-refractivity contribution is -0.147. The standard InChI is InChI=1S/C15H19NO/c1-14(2)12-6-4-5-7-13(12)15(17-14)8-10-16(3)11-9-15/h3-7H,8-11H2,1-2H3. The third-order valence-electron chi connectivity index (χ3n) is 4.12. The molecular weight excluding hydrogens is 210 g/mol. The molecule has 2 aliphatic heterocycles. The summed E-state index contributed by atoms with van der Waals surface area (Å²) in [6, 6.07) is 8.62. The van der Waals surface area contributed by atoms with Crippen LogP contribution in [0.1, 0.15) is 37.8 Å². The molecule has 1 spiro atoms. The van der Waals surface area contributed by atoms with Crippen molar-refractivity contribution in [1.82, 2.24) is 4.90 Å². The lowest BCUT2D eigenvalue weighted by Gasteiger charge is -2.39. The molecule has 90 valence electrons. The zero-order chi connectivity index (χ0) is 12.1. The molecule has 2 nitrogen and oxygen atoms in total. The van der Waals surface area contributed by atoms with Gasteiger partial charge in [0.1, 0.15) is 0 Å². The van der Waals surface area contributed by atoms with E-state index in [2.05, 4.69) is 38.1 Å². The van der Waals surface area contributed by atoms with Gasteiger partial charge in [-0.15, -0.1) is 0 Å². The molecule has 0 atom stereocenters. The number of piperidine rings is 1. The SMILES string of the molecule is [CH]N1CCC2(CC1)OC(C)(C)c1ccccc12. The molecule has 2 aliphatic rings. The van der Waals surface area contributed by atoms with Crippen LogP contribution in [0, 0.1) is 7.05 Å². The van der Waals surface area contributed by atoms with E-state index >= 15 is 0 Å². The summed E-state index contributed by atoms with van der Waals surface area (Å²) in [5.74, 6) is 0. The lowest BCUT2D eigenvalue weighted by Crippen LogP contribution is -2.41. The van der Waals surface area contributed by atoms with Gasteiger partial charge in [-0.25, -0.2) is 0 Å². The maximum absolute atomic E-state index is 6.41. The van der Waals surface area contributed by atoms with Gasteiger partial charge in [-0.2, -0.15) is 0 Å². The molecule has 2 heteroatoms. The van der Waals surface area contributed by atoms with E-state index < -0.39 is 0 Å². The summed E-state index contributed by atoms with van der Waals surface area (Å²) in [5.41, 5.74) is 2.44. The van der Waals surface area contributed by atoms with Gasteiger partial charge in [-0.3, -0.25) is 4.90 Å². The molecule has 2 heterocycles. The molecule has 0 unspecified atom stereocenters. The van der Waals surface area contributed by atoms with Crippen molar-refractivity contribution in [2.75, 3.05) is 13.1 Å². The number of benzene rings is 1. The van der Waals surface area contributed by atoms with Crippen LogP contribution in [0.15, 0.2) is 24.3 Å². The van der Waals surface area contributed by atoms with Crippen LogP contribution in [0.2, 0.25) is 0 Å². The van der Waals surface area contributed by atoms with Gasteiger partial charge in [0.2, 0.25) is 0 Å². The summed E-state index contributed by atoms with van der Waals surface area (Å²) in [7, 11) is 5.85. The summed E-state index contributed by atoms with van der Waals surface area (Å²) in [4.78, 5) is 1.89. The maximum Gasteiger partial charge on any atom is 0.0971 e. The van der Waals surface area contributed by atoms with E-state index in [4.69, 9.17) is 11.8 Å². The van der Waals surface area contributed by atoms with Gasteiger partial charge >= 0.3 is 0 Å². The Balaban J connectivity index is 2.05. The number of ether oxygens (including phenoxy) is 1. The van der Waals surface area contributed by atoms with Crippen molar-refractivity contribution >= 4 is 0 Å². The Morgan fingerprint density at radius 1 is 1.12 bits per heavy atom. The van der Waals surface area contributed by atoms with Crippen LogP contribution >= 0.6 is 0 Å². The second-order valence-electron chi connectivity index (χ2n) is 5.69. The molecule has 1 aromatic carbocycles. The largest absolute Gasteiger partial charge is 0.360 e. The fourth-order valence-corrected chi connectivity index (χ4v) is 3.26. The van der Waals surface area contributed by atoms with Gasteiger partial charge in [0.05, 0.1) is 11.2 Å². The Labute approximate surface area is 104 Å². The average Bonchev–Trinajstić information content (AvgIpc) is 2.53. The van der Waals surface area contributed by atoms with E-state index in [9.17, 15) is 0 Å². The Bertz CT molecular complexity index is 430. The molecule has 1 saturated heterocycles. The van der Waals surface area contributed by atoms with Crippen molar-refractivity contribution in [2.45, 2.75) is 37.9 Å². The molecule has 0 aromatic heterocycles. The van der Waals surface area contributed by atoms with Crippen LogP contribution in [-0.2, 0) is 15.9 Å². The predicted molar refractivity (Wildman–Crippen MR) is 67.3 cm³/mol. The molecule has 0 saturated carbocycles. The molecule has 17 heavy (non-hydrogen) atoms. The zero-order valence-corrected chi connectivity index (χ0v) is 10.6. The van der Waals surface area contributed by atoms with Crippen LogP contribution in [0.4, 0.5) is 0 Å². The Morgan fingerprint density at radius 3 is 2.35 bits per heavy atom. The van der Waals surface area contributed by atoms with Crippen molar-refractivity contribution in [3.63, 3.8) is 0 Å². The smallest absolute Gasteiger partial charge is 0.0971 e.